The summed E-state index contributed by atoms with van der Waals surface area (Å²) < 4.78 is 20.2. The van der Waals surface area contributed by atoms with Crippen LogP contribution in [0.2, 0.25) is 0 Å². The van der Waals surface area contributed by atoms with Crippen molar-refractivity contribution in [1.29, 1.82) is 0 Å². The van der Waals surface area contributed by atoms with Crippen molar-refractivity contribution in [3.8, 4) is 0 Å². The van der Waals surface area contributed by atoms with Gasteiger partial charge in [-0.3, -0.25) is 4.79 Å². The fourth-order valence-corrected chi connectivity index (χ4v) is 0.814. The van der Waals surface area contributed by atoms with Gasteiger partial charge in [0.2, 0.25) is 0 Å². The monoisotopic (exact) mass is 162 g/mol. The Morgan fingerprint density at radius 2 is 2.10 bits per heavy atom. The van der Waals surface area contributed by atoms with Gasteiger partial charge in [-0.2, -0.15) is 0 Å². The molecule has 5 heteroatoms. The molecule has 1 atom stereocenters. The third kappa shape index (κ3) is 3.33. The van der Waals surface area contributed by atoms with E-state index in [4.69, 9.17) is 5.11 Å². The fourth-order valence-electron chi connectivity index (χ4n) is 0.390. The highest BCUT2D eigenvalue weighted by molar-refractivity contribution is 7.37. The summed E-state index contributed by atoms with van der Waals surface area (Å²) in [6, 6.07) is 0. The van der Waals surface area contributed by atoms with Crippen molar-refractivity contribution < 1.29 is 19.0 Å². The molecular formula is C5H7O4P. The van der Waals surface area contributed by atoms with Gasteiger partial charge >= 0.3 is 7.68 Å². The molecule has 0 rings (SSSR count). The minimum absolute atomic E-state index is 0.193. The molecule has 0 fully saturated rings. The van der Waals surface area contributed by atoms with E-state index in [-0.39, 0.29) is 11.6 Å². The van der Waals surface area contributed by atoms with Crippen LogP contribution in [0.3, 0.4) is 0 Å². The standard InChI is InChI=1S/C5H7O4P/c1-4(7)2-5(3-6)10(8)9/h2-4,7H,1H3. The van der Waals surface area contributed by atoms with Crippen molar-refractivity contribution in [2.45, 2.75) is 13.0 Å². The Hall–Kier alpha value is -0.730. The zero-order valence-corrected chi connectivity index (χ0v) is 6.25. The largest absolute Gasteiger partial charge is 0.389 e. The van der Waals surface area contributed by atoms with Crippen LogP contribution in [0.1, 0.15) is 6.92 Å². The predicted octanol–water partition coefficient (Wildman–Crippen LogP) is 0.623. The number of hydrogen-bond donors (Lipinski definition) is 1. The number of rotatable bonds is 3. The molecular weight excluding hydrogens is 155 g/mol. The molecule has 10 heavy (non-hydrogen) atoms. The number of hydrogen-bond acceptors (Lipinski definition) is 4. The van der Waals surface area contributed by atoms with Crippen LogP contribution in [0.15, 0.2) is 11.4 Å². The highest BCUT2D eigenvalue weighted by Crippen LogP contribution is 2.16. The van der Waals surface area contributed by atoms with Gasteiger partial charge < -0.3 is 5.11 Å². The number of allylic oxidation sites excluding steroid dienone is 1. The topological polar surface area (TPSA) is 71.4 Å². The van der Waals surface area contributed by atoms with E-state index in [0.717, 1.165) is 6.08 Å². The van der Waals surface area contributed by atoms with E-state index < -0.39 is 13.8 Å². The lowest BCUT2D eigenvalue weighted by Gasteiger charge is -1.90. The van der Waals surface area contributed by atoms with Crippen molar-refractivity contribution in [3.05, 3.63) is 11.4 Å². The maximum absolute atomic E-state index is 10.1. The Morgan fingerprint density at radius 3 is 2.20 bits per heavy atom. The lowest BCUT2D eigenvalue weighted by molar-refractivity contribution is -0.104. The summed E-state index contributed by atoms with van der Waals surface area (Å²) in [7, 11) is -2.86. The van der Waals surface area contributed by atoms with Gasteiger partial charge in [-0.25, -0.2) is 9.13 Å². The van der Waals surface area contributed by atoms with Gasteiger partial charge in [0.1, 0.15) is 5.31 Å². The second kappa shape index (κ2) is 4.14. The molecule has 0 radical (unpaired) electrons. The number of carbonyl (C=O) groups excluding carboxylic acids is 1. The molecule has 0 heterocycles. The highest BCUT2D eigenvalue weighted by atomic mass is 31.1. The Morgan fingerprint density at radius 1 is 1.60 bits per heavy atom. The van der Waals surface area contributed by atoms with Crippen molar-refractivity contribution in [2.75, 3.05) is 0 Å². The Bertz CT molecular complexity index is 206. The van der Waals surface area contributed by atoms with E-state index in [0.29, 0.717) is 0 Å². The summed E-state index contributed by atoms with van der Waals surface area (Å²) in [4.78, 5) is 9.92. The fraction of sp³-hybridized carbons (Fsp3) is 0.400. The SMILES string of the molecule is CC(O)C=C(C=O)P(=O)=O. The van der Waals surface area contributed by atoms with Gasteiger partial charge in [0, 0.05) is 0 Å². The summed E-state index contributed by atoms with van der Waals surface area (Å²) in [6.45, 7) is 1.36. The third-order valence-corrected chi connectivity index (χ3v) is 1.42. The van der Waals surface area contributed by atoms with E-state index in [2.05, 4.69) is 0 Å². The molecule has 0 saturated carbocycles. The summed E-state index contributed by atoms with van der Waals surface area (Å²) in [5.74, 6) is 0. The molecule has 1 unspecified atom stereocenters. The summed E-state index contributed by atoms with van der Waals surface area (Å²) in [5.41, 5.74) is 0. The van der Waals surface area contributed by atoms with E-state index >= 15 is 0 Å². The lowest BCUT2D eigenvalue weighted by atomic mass is 10.4. The normalized spacial score (nSPS) is 14.4. The molecule has 0 aliphatic heterocycles. The van der Waals surface area contributed by atoms with Gasteiger partial charge in [0.15, 0.2) is 6.29 Å². The Balaban J connectivity index is 4.49. The predicted molar refractivity (Wildman–Crippen MR) is 34.1 cm³/mol. The van der Waals surface area contributed by atoms with E-state index in [1.165, 1.54) is 6.92 Å². The van der Waals surface area contributed by atoms with Crippen LogP contribution in [0.25, 0.3) is 0 Å². The minimum Gasteiger partial charge on any atom is -0.389 e. The smallest absolute Gasteiger partial charge is 0.351 e. The van der Waals surface area contributed by atoms with Crippen molar-refractivity contribution >= 4 is 14.0 Å². The third-order valence-electron chi connectivity index (χ3n) is 0.744. The number of aldehydes is 1. The zero-order valence-electron chi connectivity index (χ0n) is 5.35. The van der Waals surface area contributed by atoms with Crippen LogP contribution in [-0.2, 0) is 13.9 Å². The van der Waals surface area contributed by atoms with Gasteiger partial charge in [-0.1, -0.05) is 0 Å². The Kier molecular flexibility index (Phi) is 3.84. The molecule has 0 amide bonds. The van der Waals surface area contributed by atoms with Gasteiger partial charge in [0.05, 0.1) is 6.10 Å². The molecule has 1 N–H and O–H groups in total. The van der Waals surface area contributed by atoms with Gasteiger partial charge in [-0.15, -0.1) is 0 Å². The first-order chi connectivity index (χ1) is 4.57. The summed E-state index contributed by atoms with van der Waals surface area (Å²) in [6.07, 6.45) is 0.255. The summed E-state index contributed by atoms with van der Waals surface area (Å²) >= 11 is 0. The van der Waals surface area contributed by atoms with Crippen LogP contribution in [0.5, 0.6) is 0 Å². The highest BCUT2D eigenvalue weighted by Gasteiger charge is 2.02. The maximum Gasteiger partial charge on any atom is 0.351 e. The zero-order chi connectivity index (χ0) is 8.15. The second-order valence-electron chi connectivity index (χ2n) is 1.71. The van der Waals surface area contributed by atoms with E-state index in [1.807, 2.05) is 0 Å². The van der Waals surface area contributed by atoms with Gasteiger partial charge in [-0.05, 0) is 13.0 Å². The van der Waals surface area contributed by atoms with Gasteiger partial charge in [0.25, 0.3) is 0 Å². The first kappa shape index (κ1) is 9.27. The Labute approximate surface area is 58.4 Å². The average Bonchev–Trinajstić information content (AvgIpc) is 1.81. The molecule has 0 aromatic heterocycles. The quantitative estimate of drug-likeness (QED) is 0.375. The number of carbonyl (C=O) groups is 1. The van der Waals surface area contributed by atoms with Crippen molar-refractivity contribution in [3.63, 3.8) is 0 Å². The average molecular weight is 162 g/mol. The maximum atomic E-state index is 10.1. The van der Waals surface area contributed by atoms with Crippen LogP contribution in [0.4, 0.5) is 0 Å². The molecule has 0 aliphatic rings. The molecule has 4 nitrogen and oxygen atoms in total. The van der Waals surface area contributed by atoms with E-state index in [9.17, 15) is 13.9 Å². The second-order valence-corrected chi connectivity index (χ2v) is 2.74. The van der Waals surface area contributed by atoms with Crippen molar-refractivity contribution in [2.24, 2.45) is 0 Å². The number of aliphatic hydroxyl groups excluding tert-OH is 1. The van der Waals surface area contributed by atoms with Crippen LogP contribution in [-0.4, -0.2) is 17.5 Å². The lowest BCUT2D eigenvalue weighted by Crippen LogP contribution is -1.94. The molecule has 0 aromatic carbocycles. The summed E-state index contributed by atoms with van der Waals surface area (Å²) in [5, 5.41) is 8.22. The molecule has 0 aromatic rings. The first-order valence-corrected chi connectivity index (χ1v) is 3.75. The molecule has 0 saturated heterocycles. The molecule has 0 aliphatic carbocycles. The molecule has 56 valence electrons. The van der Waals surface area contributed by atoms with Crippen LogP contribution >= 0.6 is 7.68 Å². The van der Waals surface area contributed by atoms with Crippen LogP contribution < -0.4 is 0 Å². The van der Waals surface area contributed by atoms with E-state index in [1.54, 1.807) is 0 Å². The molecule has 0 spiro atoms. The molecule has 0 bridgehead atoms. The minimum atomic E-state index is -2.86. The number of aliphatic hydroxyl groups is 1. The first-order valence-electron chi connectivity index (χ1n) is 2.57. The van der Waals surface area contributed by atoms with Crippen LogP contribution in [0, 0.1) is 0 Å². The van der Waals surface area contributed by atoms with Crippen molar-refractivity contribution in [1.82, 2.24) is 0 Å².